The topological polar surface area (TPSA) is 40.5 Å². The SMILES string of the molecule is CCOC(=O)c1c(OC)c2c(Br)cccc2n1CCBr. The summed E-state index contributed by atoms with van der Waals surface area (Å²) < 4.78 is 13.4. The van der Waals surface area contributed by atoms with E-state index in [-0.39, 0.29) is 5.97 Å². The number of aryl methyl sites for hydroxylation is 1. The van der Waals surface area contributed by atoms with Crippen LogP contribution in [0.2, 0.25) is 0 Å². The zero-order chi connectivity index (χ0) is 14.7. The van der Waals surface area contributed by atoms with E-state index in [2.05, 4.69) is 31.9 Å². The zero-order valence-electron chi connectivity index (χ0n) is 11.3. The maximum Gasteiger partial charge on any atom is 0.358 e. The first-order valence-electron chi connectivity index (χ1n) is 6.23. The Labute approximate surface area is 134 Å². The number of hydrogen-bond donors (Lipinski definition) is 0. The van der Waals surface area contributed by atoms with Crippen molar-refractivity contribution in [3.8, 4) is 5.75 Å². The molecule has 1 aromatic heterocycles. The van der Waals surface area contributed by atoms with E-state index < -0.39 is 0 Å². The fourth-order valence-electron chi connectivity index (χ4n) is 2.24. The van der Waals surface area contributed by atoms with Crippen molar-refractivity contribution in [2.24, 2.45) is 0 Å². The lowest BCUT2D eigenvalue weighted by Crippen LogP contribution is -2.14. The van der Waals surface area contributed by atoms with Crippen LogP contribution >= 0.6 is 31.9 Å². The Kier molecular flexibility index (Phi) is 5.10. The summed E-state index contributed by atoms with van der Waals surface area (Å²) in [5.41, 5.74) is 1.40. The van der Waals surface area contributed by atoms with Gasteiger partial charge in [0.2, 0.25) is 0 Å². The minimum Gasteiger partial charge on any atom is -0.494 e. The van der Waals surface area contributed by atoms with Crippen molar-refractivity contribution in [3.05, 3.63) is 28.4 Å². The van der Waals surface area contributed by atoms with Crippen molar-refractivity contribution in [1.29, 1.82) is 0 Å². The summed E-state index contributed by atoms with van der Waals surface area (Å²) in [5.74, 6) is 0.181. The minimum absolute atomic E-state index is 0.332. The average Bonchev–Trinajstić information content (AvgIpc) is 2.75. The molecular weight excluding hydrogens is 390 g/mol. The zero-order valence-corrected chi connectivity index (χ0v) is 14.5. The van der Waals surface area contributed by atoms with Crippen LogP contribution in [-0.2, 0) is 11.3 Å². The van der Waals surface area contributed by atoms with E-state index in [9.17, 15) is 4.79 Å². The lowest BCUT2D eigenvalue weighted by Gasteiger charge is -2.09. The molecule has 6 heteroatoms. The Morgan fingerprint density at radius 2 is 2.15 bits per heavy atom. The van der Waals surface area contributed by atoms with Crippen LogP contribution < -0.4 is 4.74 Å². The molecule has 1 heterocycles. The highest BCUT2D eigenvalue weighted by atomic mass is 79.9. The molecule has 0 aliphatic heterocycles. The maximum absolute atomic E-state index is 12.2. The summed E-state index contributed by atoms with van der Waals surface area (Å²) in [6.45, 7) is 2.78. The molecule has 0 bridgehead atoms. The Morgan fingerprint density at radius 1 is 1.40 bits per heavy atom. The number of halogens is 2. The second kappa shape index (κ2) is 6.63. The molecule has 4 nitrogen and oxygen atoms in total. The number of aromatic nitrogens is 1. The van der Waals surface area contributed by atoms with Crippen LogP contribution in [0.15, 0.2) is 22.7 Å². The number of methoxy groups -OCH3 is 1. The smallest absolute Gasteiger partial charge is 0.358 e. The lowest BCUT2D eigenvalue weighted by molar-refractivity contribution is 0.0511. The lowest BCUT2D eigenvalue weighted by atomic mass is 10.2. The summed E-state index contributed by atoms with van der Waals surface area (Å²) in [4.78, 5) is 12.2. The number of esters is 1. The molecule has 0 atom stereocenters. The molecule has 0 amide bonds. The standard InChI is InChI=1S/C14H15Br2NO3/c1-3-20-14(18)12-13(19-2)11-9(16)5-4-6-10(11)17(12)8-7-15/h4-6H,3,7-8H2,1-2H3. The molecule has 0 saturated heterocycles. The predicted octanol–water partition coefficient (Wildman–Crippen LogP) is 3.98. The number of alkyl halides is 1. The predicted molar refractivity (Wildman–Crippen MR) is 85.9 cm³/mol. The van der Waals surface area contributed by atoms with Crippen molar-refractivity contribution in [1.82, 2.24) is 4.57 Å². The number of hydrogen-bond acceptors (Lipinski definition) is 3. The van der Waals surface area contributed by atoms with E-state index in [0.29, 0.717) is 24.6 Å². The maximum atomic E-state index is 12.2. The Hall–Kier alpha value is -1.01. The van der Waals surface area contributed by atoms with E-state index in [1.807, 2.05) is 22.8 Å². The van der Waals surface area contributed by atoms with Gasteiger partial charge in [0, 0.05) is 16.3 Å². The van der Waals surface area contributed by atoms with E-state index in [4.69, 9.17) is 9.47 Å². The van der Waals surface area contributed by atoms with Gasteiger partial charge >= 0.3 is 5.97 Å². The second-order valence-corrected chi connectivity index (χ2v) is 5.72. The van der Waals surface area contributed by atoms with E-state index in [0.717, 1.165) is 20.7 Å². The second-order valence-electron chi connectivity index (χ2n) is 4.08. The monoisotopic (exact) mass is 403 g/mol. The van der Waals surface area contributed by atoms with Gasteiger partial charge in [-0.15, -0.1) is 0 Å². The summed E-state index contributed by atoms with van der Waals surface area (Å²) in [6.07, 6.45) is 0. The van der Waals surface area contributed by atoms with Gasteiger partial charge in [-0.1, -0.05) is 22.0 Å². The molecule has 108 valence electrons. The van der Waals surface area contributed by atoms with Gasteiger partial charge in [0.05, 0.1) is 24.6 Å². The molecule has 0 aliphatic carbocycles. The summed E-state index contributed by atoms with van der Waals surface area (Å²) in [7, 11) is 1.56. The van der Waals surface area contributed by atoms with Gasteiger partial charge < -0.3 is 14.0 Å². The van der Waals surface area contributed by atoms with Gasteiger partial charge in [-0.3, -0.25) is 0 Å². The van der Waals surface area contributed by atoms with Crippen LogP contribution in [0.5, 0.6) is 5.75 Å². The third-order valence-corrected chi connectivity index (χ3v) is 3.99. The van der Waals surface area contributed by atoms with Crippen molar-refractivity contribution in [2.75, 3.05) is 19.0 Å². The quantitative estimate of drug-likeness (QED) is 0.558. The van der Waals surface area contributed by atoms with Gasteiger partial charge in [0.1, 0.15) is 0 Å². The molecule has 0 spiro atoms. The first kappa shape index (κ1) is 15.4. The number of carbonyl (C=O) groups excluding carboxylic acids is 1. The summed E-state index contributed by atoms with van der Waals surface area (Å²) >= 11 is 6.94. The van der Waals surface area contributed by atoms with Gasteiger partial charge in [0.25, 0.3) is 0 Å². The highest BCUT2D eigenvalue weighted by Gasteiger charge is 2.25. The average molecular weight is 405 g/mol. The van der Waals surface area contributed by atoms with E-state index in [1.54, 1.807) is 14.0 Å². The molecule has 0 N–H and O–H groups in total. The Morgan fingerprint density at radius 3 is 2.75 bits per heavy atom. The third kappa shape index (κ3) is 2.59. The normalized spacial score (nSPS) is 10.8. The molecule has 2 aromatic rings. The molecule has 0 unspecified atom stereocenters. The fraction of sp³-hybridized carbons (Fsp3) is 0.357. The van der Waals surface area contributed by atoms with Crippen molar-refractivity contribution >= 4 is 48.7 Å². The molecule has 2 rings (SSSR count). The Balaban J connectivity index is 2.78. The number of carbonyl (C=O) groups is 1. The summed E-state index contributed by atoms with van der Waals surface area (Å²) in [5, 5.41) is 1.62. The molecule has 1 aromatic carbocycles. The third-order valence-electron chi connectivity index (χ3n) is 2.98. The minimum atomic E-state index is -0.367. The molecular formula is C14H15Br2NO3. The van der Waals surface area contributed by atoms with Crippen LogP contribution in [0.1, 0.15) is 17.4 Å². The highest BCUT2D eigenvalue weighted by molar-refractivity contribution is 9.10. The summed E-state index contributed by atoms with van der Waals surface area (Å²) in [6, 6.07) is 5.83. The Bertz CT molecular complexity index is 637. The van der Waals surface area contributed by atoms with Crippen molar-refractivity contribution in [2.45, 2.75) is 13.5 Å². The van der Waals surface area contributed by atoms with Gasteiger partial charge in [-0.2, -0.15) is 0 Å². The highest BCUT2D eigenvalue weighted by Crippen LogP contribution is 2.38. The van der Waals surface area contributed by atoms with Crippen LogP contribution in [0.25, 0.3) is 10.9 Å². The number of rotatable bonds is 5. The number of nitrogens with zero attached hydrogens (tertiary/aromatic N) is 1. The molecule has 0 radical (unpaired) electrons. The van der Waals surface area contributed by atoms with E-state index >= 15 is 0 Å². The van der Waals surface area contributed by atoms with Crippen LogP contribution in [0.4, 0.5) is 0 Å². The van der Waals surface area contributed by atoms with Gasteiger partial charge in [-0.05, 0) is 35.0 Å². The molecule has 0 aliphatic rings. The van der Waals surface area contributed by atoms with Gasteiger partial charge in [-0.25, -0.2) is 4.79 Å². The first-order chi connectivity index (χ1) is 9.65. The molecule has 20 heavy (non-hydrogen) atoms. The largest absolute Gasteiger partial charge is 0.494 e. The number of benzene rings is 1. The van der Waals surface area contributed by atoms with Crippen molar-refractivity contribution in [3.63, 3.8) is 0 Å². The molecule has 0 fully saturated rings. The van der Waals surface area contributed by atoms with Crippen LogP contribution in [-0.4, -0.2) is 29.6 Å². The molecule has 0 saturated carbocycles. The van der Waals surface area contributed by atoms with Crippen LogP contribution in [0, 0.1) is 0 Å². The van der Waals surface area contributed by atoms with Gasteiger partial charge in [0.15, 0.2) is 11.4 Å². The number of fused-ring (bicyclic) bond motifs is 1. The van der Waals surface area contributed by atoms with Crippen LogP contribution in [0.3, 0.4) is 0 Å². The first-order valence-corrected chi connectivity index (χ1v) is 8.14. The fourth-order valence-corrected chi connectivity index (χ4v) is 3.13. The van der Waals surface area contributed by atoms with E-state index in [1.165, 1.54) is 0 Å². The van der Waals surface area contributed by atoms with Crippen molar-refractivity contribution < 1.29 is 14.3 Å². The number of ether oxygens (including phenoxy) is 2.